The highest BCUT2D eigenvalue weighted by atomic mass is 127. The van der Waals surface area contributed by atoms with E-state index in [0.717, 1.165) is 6.07 Å². The molecule has 2 nitrogen and oxygen atoms in total. The van der Waals surface area contributed by atoms with E-state index in [1.807, 2.05) is 0 Å². The molecule has 0 spiro atoms. The zero-order valence-electron chi connectivity index (χ0n) is 5.94. The lowest BCUT2D eigenvalue weighted by Gasteiger charge is -2.03. The molecule has 0 aliphatic rings. The van der Waals surface area contributed by atoms with Gasteiger partial charge in [-0.25, -0.2) is 9.18 Å². The van der Waals surface area contributed by atoms with E-state index in [0.29, 0.717) is 3.57 Å². The van der Waals surface area contributed by atoms with Crippen molar-refractivity contribution in [1.82, 2.24) is 0 Å². The normalized spacial score (nSPS) is 10.2. The van der Waals surface area contributed by atoms with Gasteiger partial charge in [-0.05, 0) is 28.7 Å². The van der Waals surface area contributed by atoms with Gasteiger partial charge in [-0.3, -0.25) is 0 Å². The van der Waals surface area contributed by atoms with Gasteiger partial charge >= 0.3 is 5.97 Å². The van der Waals surface area contributed by atoms with E-state index >= 15 is 0 Å². The number of halogens is 4. The highest BCUT2D eigenvalue weighted by molar-refractivity contribution is 14.1. The molecule has 0 bridgehead atoms. The molecule has 0 saturated carbocycles. The van der Waals surface area contributed by atoms with E-state index in [1.54, 1.807) is 22.6 Å². The number of aromatic carboxylic acids is 1. The average molecular weight is 335 g/mol. The SMILES string of the molecule is O=C(O)c1cc(Cl)c(I)c(Cl)c1F. The molecule has 0 fully saturated rings. The van der Waals surface area contributed by atoms with Crippen LogP contribution in [0, 0.1) is 9.39 Å². The second-order valence-corrected chi connectivity index (χ2v) is 4.02. The van der Waals surface area contributed by atoms with Crippen molar-refractivity contribution in [2.24, 2.45) is 0 Å². The third-order valence-corrected chi connectivity index (χ3v) is 3.74. The topological polar surface area (TPSA) is 37.3 Å². The summed E-state index contributed by atoms with van der Waals surface area (Å²) < 4.78 is 13.4. The molecular weight excluding hydrogens is 333 g/mol. The van der Waals surface area contributed by atoms with Crippen LogP contribution in [0.25, 0.3) is 0 Å². The first-order valence-corrected chi connectivity index (χ1v) is 4.85. The number of rotatable bonds is 1. The van der Waals surface area contributed by atoms with Crippen molar-refractivity contribution >= 4 is 51.8 Å². The lowest BCUT2D eigenvalue weighted by atomic mass is 10.2. The fourth-order valence-electron chi connectivity index (χ4n) is 0.728. The molecule has 0 atom stereocenters. The second-order valence-electron chi connectivity index (χ2n) is 2.15. The third kappa shape index (κ3) is 2.05. The third-order valence-electron chi connectivity index (χ3n) is 1.33. The molecule has 1 aromatic carbocycles. The monoisotopic (exact) mass is 334 g/mol. The Hall–Kier alpha value is -0.0700. The summed E-state index contributed by atoms with van der Waals surface area (Å²) in [4.78, 5) is 10.5. The average Bonchev–Trinajstić information content (AvgIpc) is 2.07. The molecule has 0 heterocycles. The minimum absolute atomic E-state index is 0.129. The van der Waals surface area contributed by atoms with Crippen molar-refractivity contribution in [1.29, 1.82) is 0 Å². The predicted molar refractivity (Wildman–Crippen MR) is 56.1 cm³/mol. The Bertz CT molecular complexity index is 381. The first-order chi connectivity index (χ1) is 5.95. The number of benzene rings is 1. The van der Waals surface area contributed by atoms with Crippen LogP contribution in [0.3, 0.4) is 0 Å². The van der Waals surface area contributed by atoms with Crippen molar-refractivity contribution in [2.75, 3.05) is 0 Å². The van der Waals surface area contributed by atoms with Crippen LogP contribution in [0.15, 0.2) is 6.07 Å². The summed E-state index contributed by atoms with van der Waals surface area (Å²) in [6.07, 6.45) is 0. The molecule has 0 amide bonds. The van der Waals surface area contributed by atoms with Crippen LogP contribution in [0.4, 0.5) is 4.39 Å². The molecule has 1 rings (SSSR count). The van der Waals surface area contributed by atoms with Crippen molar-refractivity contribution in [3.8, 4) is 0 Å². The van der Waals surface area contributed by atoms with Gasteiger partial charge in [0.15, 0.2) is 5.82 Å². The largest absolute Gasteiger partial charge is 0.478 e. The minimum Gasteiger partial charge on any atom is -0.478 e. The van der Waals surface area contributed by atoms with Crippen LogP contribution < -0.4 is 0 Å². The molecule has 0 unspecified atom stereocenters. The van der Waals surface area contributed by atoms with E-state index < -0.39 is 17.3 Å². The minimum atomic E-state index is -1.39. The second kappa shape index (κ2) is 3.98. The Balaban J connectivity index is 3.50. The van der Waals surface area contributed by atoms with Crippen LogP contribution in [-0.4, -0.2) is 11.1 Å². The standard InChI is InChI=1S/C7H2Cl2FIO2/c8-3-1-2(7(12)13)5(10)4(9)6(3)11/h1H,(H,12,13). The molecule has 0 radical (unpaired) electrons. The van der Waals surface area contributed by atoms with Crippen LogP contribution in [0.2, 0.25) is 10.0 Å². The molecule has 70 valence electrons. The molecule has 0 saturated heterocycles. The first kappa shape index (κ1) is 11.0. The molecule has 1 N–H and O–H groups in total. The summed E-state index contributed by atoms with van der Waals surface area (Å²) in [5.41, 5.74) is -0.518. The summed E-state index contributed by atoms with van der Waals surface area (Å²) in [6, 6.07) is 1.03. The molecule has 6 heteroatoms. The zero-order valence-corrected chi connectivity index (χ0v) is 9.61. The summed E-state index contributed by atoms with van der Waals surface area (Å²) in [7, 11) is 0. The van der Waals surface area contributed by atoms with Gasteiger partial charge in [-0.15, -0.1) is 0 Å². The number of hydrogen-bond acceptors (Lipinski definition) is 1. The van der Waals surface area contributed by atoms with Gasteiger partial charge in [0.2, 0.25) is 0 Å². The summed E-state index contributed by atoms with van der Waals surface area (Å²) in [5.74, 6) is -2.35. The van der Waals surface area contributed by atoms with Gasteiger partial charge in [0.05, 0.1) is 19.2 Å². The summed E-state index contributed by atoms with van der Waals surface area (Å²) in [5, 5.41) is 8.42. The van der Waals surface area contributed by atoms with Crippen LogP contribution in [0.1, 0.15) is 10.4 Å². The Morgan fingerprint density at radius 1 is 1.54 bits per heavy atom. The quantitative estimate of drug-likeness (QED) is 0.485. The van der Waals surface area contributed by atoms with Gasteiger partial charge in [0, 0.05) is 0 Å². The molecule has 0 aliphatic carbocycles. The zero-order chi connectivity index (χ0) is 10.2. The van der Waals surface area contributed by atoms with E-state index in [4.69, 9.17) is 28.3 Å². The Labute approximate surface area is 96.8 Å². The maximum Gasteiger partial charge on any atom is 0.338 e. The number of carboxylic acids is 1. The number of carboxylic acid groups (broad SMARTS) is 1. The van der Waals surface area contributed by atoms with Gasteiger partial charge in [0.25, 0.3) is 0 Å². The molecule has 1 aromatic rings. The fourth-order valence-corrected chi connectivity index (χ4v) is 1.58. The number of hydrogen-bond donors (Lipinski definition) is 1. The maximum atomic E-state index is 13.1. The van der Waals surface area contributed by atoms with Crippen molar-refractivity contribution in [3.63, 3.8) is 0 Å². The molecule has 0 aliphatic heterocycles. The van der Waals surface area contributed by atoms with Gasteiger partial charge in [-0.1, -0.05) is 23.2 Å². The van der Waals surface area contributed by atoms with E-state index in [9.17, 15) is 9.18 Å². The highest BCUT2D eigenvalue weighted by Gasteiger charge is 2.18. The summed E-state index contributed by atoms with van der Waals surface area (Å²) in [6.45, 7) is 0. The van der Waals surface area contributed by atoms with Crippen LogP contribution >= 0.6 is 45.8 Å². The van der Waals surface area contributed by atoms with E-state index in [1.165, 1.54) is 0 Å². The number of carbonyl (C=O) groups is 1. The van der Waals surface area contributed by atoms with Gasteiger partial charge < -0.3 is 5.11 Å². The maximum absolute atomic E-state index is 13.1. The predicted octanol–water partition coefficient (Wildman–Crippen LogP) is 3.44. The first-order valence-electron chi connectivity index (χ1n) is 3.01. The van der Waals surface area contributed by atoms with Gasteiger partial charge in [0.1, 0.15) is 0 Å². The lowest BCUT2D eigenvalue weighted by Crippen LogP contribution is -2.02. The smallest absolute Gasteiger partial charge is 0.338 e. The Morgan fingerprint density at radius 3 is 2.54 bits per heavy atom. The van der Waals surface area contributed by atoms with Crippen molar-refractivity contribution in [2.45, 2.75) is 0 Å². The van der Waals surface area contributed by atoms with Gasteiger partial charge in [-0.2, -0.15) is 0 Å². The van der Waals surface area contributed by atoms with Crippen LogP contribution in [-0.2, 0) is 0 Å². The lowest BCUT2D eigenvalue weighted by molar-refractivity contribution is 0.0692. The Kier molecular flexibility index (Phi) is 3.37. The highest BCUT2D eigenvalue weighted by Crippen LogP contribution is 2.31. The van der Waals surface area contributed by atoms with Crippen molar-refractivity contribution in [3.05, 3.63) is 31.1 Å². The van der Waals surface area contributed by atoms with E-state index in [-0.39, 0.29) is 10.0 Å². The fraction of sp³-hybridized carbons (Fsp3) is 0. The van der Waals surface area contributed by atoms with Crippen LogP contribution in [0.5, 0.6) is 0 Å². The Morgan fingerprint density at radius 2 is 2.08 bits per heavy atom. The molecular formula is C7H2Cl2FIO2. The van der Waals surface area contributed by atoms with Crippen molar-refractivity contribution < 1.29 is 14.3 Å². The molecule has 0 aromatic heterocycles. The van der Waals surface area contributed by atoms with E-state index in [2.05, 4.69) is 0 Å². The molecule has 13 heavy (non-hydrogen) atoms. The summed E-state index contributed by atoms with van der Waals surface area (Å²) >= 11 is 12.9.